The van der Waals surface area contributed by atoms with E-state index in [0.717, 1.165) is 15.7 Å². The zero-order chi connectivity index (χ0) is 12.7. The van der Waals surface area contributed by atoms with E-state index in [4.69, 9.17) is 5.26 Å². The van der Waals surface area contributed by atoms with Crippen molar-refractivity contribution < 1.29 is 4.79 Å². The Morgan fingerprint density at radius 2 is 2.29 bits per heavy atom. The van der Waals surface area contributed by atoms with E-state index in [-0.39, 0.29) is 12.5 Å². The van der Waals surface area contributed by atoms with E-state index >= 15 is 0 Å². The van der Waals surface area contributed by atoms with Gasteiger partial charge in [-0.2, -0.15) is 5.26 Å². The van der Waals surface area contributed by atoms with Gasteiger partial charge in [0, 0.05) is 16.7 Å². The highest BCUT2D eigenvalue weighted by atomic mass is 79.9. The number of anilines is 1. The van der Waals surface area contributed by atoms with Crippen molar-refractivity contribution in [1.29, 1.82) is 5.26 Å². The molecule has 5 heteroatoms. The Labute approximate surface area is 109 Å². The molecular formula is C12H14BrN3O. The minimum atomic E-state index is -0.118. The third-order valence-corrected chi connectivity index (χ3v) is 2.78. The number of aryl methyl sites for hydroxylation is 1. The zero-order valence-electron chi connectivity index (χ0n) is 9.59. The maximum atomic E-state index is 11.4. The molecule has 0 heterocycles. The number of benzene rings is 1. The molecule has 0 atom stereocenters. The Morgan fingerprint density at radius 3 is 2.94 bits per heavy atom. The number of nitrogens with zero attached hydrogens (tertiary/aromatic N) is 1. The van der Waals surface area contributed by atoms with E-state index in [1.54, 1.807) is 0 Å². The molecule has 90 valence electrons. The minimum absolute atomic E-state index is 0.118. The molecule has 0 saturated carbocycles. The van der Waals surface area contributed by atoms with Crippen LogP contribution in [0.2, 0.25) is 0 Å². The van der Waals surface area contributed by atoms with Crippen LogP contribution in [-0.4, -0.2) is 19.0 Å². The number of nitrogens with one attached hydrogen (secondary N) is 2. The molecule has 0 spiro atoms. The first kappa shape index (κ1) is 13.5. The third-order valence-electron chi connectivity index (χ3n) is 2.12. The van der Waals surface area contributed by atoms with Gasteiger partial charge >= 0.3 is 0 Å². The Bertz CT molecular complexity index is 440. The fourth-order valence-electron chi connectivity index (χ4n) is 1.26. The summed E-state index contributed by atoms with van der Waals surface area (Å²) in [5.74, 6) is -0.118. The van der Waals surface area contributed by atoms with Crippen molar-refractivity contribution in [1.82, 2.24) is 5.32 Å². The van der Waals surface area contributed by atoms with Gasteiger partial charge in [0.05, 0.1) is 19.0 Å². The molecular weight excluding hydrogens is 282 g/mol. The summed E-state index contributed by atoms with van der Waals surface area (Å²) >= 11 is 3.42. The molecule has 1 aromatic carbocycles. The first-order chi connectivity index (χ1) is 8.13. The first-order valence-corrected chi connectivity index (χ1v) is 6.06. The van der Waals surface area contributed by atoms with Gasteiger partial charge in [0.15, 0.2) is 0 Å². The summed E-state index contributed by atoms with van der Waals surface area (Å²) in [7, 11) is 0. The van der Waals surface area contributed by atoms with Crippen molar-refractivity contribution in [3.63, 3.8) is 0 Å². The molecule has 1 rings (SSSR count). The standard InChI is InChI=1S/C12H14BrN3O/c1-9-3-4-11(10(13)7-9)16-8-12(17)15-6-2-5-14/h3-4,7,16H,2,6,8H2,1H3,(H,15,17). The maximum absolute atomic E-state index is 11.4. The smallest absolute Gasteiger partial charge is 0.239 e. The highest BCUT2D eigenvalue weighted by Crippen LogP contribution is 2.22. The lowest BCUT2D eigenvalue weighted by Gasteiger charge is -2.09. The zero-order valence-corrected chi connectivity index (χ0v) is 11.2. The number of rotatable bonds is 5. The van der Waals surface area contributed by atoms with Crippen molar-refractivity contribution in [3.8, 4) is 6.07 Å². The van der Waals surface area contributed by atoms with Crippen molar-refractivity contribution in [2.45, 2.75) is 13.3 Å². The number of nitriles is 1. The number of halogens is 1. The molecule has 1 aromatic rings. The molecule has 17 heavy (non-hydrogen) atoms. The SMILES string of the molecule is Cc1ccc(NCC(=O)NCCC#N)c(Br)c1. The Morgan fingerprint density at radius 1 is 1.53 bits per heavy atom. The van der Waals surface area contributed by atoms with Gasteiger partial charge < -0.3 is 10.6 Å². The summed E-state index contributed by atoms with van der Waals surface area (Å²) in [5.41, 5.74) is 2.03. The van der Waals surface area contributed by atoms with Crippen LogP contribution in [0.25, 0.3) is 0 Å². The average Bonchev–Trinajstić information content (AvgIpc) is 2.28. The summed E-state index contributed by atoms with van der Waals surface area (Å²) in [6.07, 6.45) is 0.333. The summed E-state index contributed by atoms with van der Waals surface area (Å²) in [5, 5.41) is 14.0. The predicted molar refractivity (Wildman–Crippen MR) is 70.6 cm³/mol. The van der Waals surface area contributed by atoms with Crippen LogP contribution in [0.15, 0.2) is 22.7 Å². The summed E-state index contributed by atoms with van der Waals surface area (Å²) < 4.78 is 0.933. The Hall–Kier alpha value is -1.54. The van der Waals surface area contributed by atoms with E-state index < -0.39 is 0 Å². The van der Waals surface area contributed by atoms with Crippen LogP contribution >= 0.6 is 15.9 Å². The van der Waals surface area contributed by atoms with Gasteiger partial charge in [-0.3, -0.25) is 4.79 Å². The number of carbonyl (C=O) groups is 1. The lowest BCUT2D eigenvalue weighted by atomic mass is 10.2. The van der Waals surface area contributed by atoms with Crippen molar-refractivity contribution in [2.24, 2.45) is 0 Å². The minimum Gasteiger partial charge on any atom is -0.375 e. The van der Waals surface area contributed by atoms with Crippen LogP contribution in [0, 0.1) is 18.3 Å². The van der Waals surface area contributed by atoms with Gasteiger partial charge in [0.2, 0.25) is 5.91 Å². The molecule has 0 aliphatic carbocycles. The van der Waals surface area contributed by atoms with Crippen LogP contribution in [0.3, 0.4) is 0 Å². The Balaban J connectivity index is 2.40. The fourth-order valence-corrected chi connectivity index (χ4v) is 1.89. The number of amides is 1. The number of hydrogen-bond acceptors (Lipinski definition) is 3. The predicted octanol–water partition coefficient (Wildman–Crippen LogP) is 2.20. The van der Waals surface area contributed by atoms with E-state index in [0.29, 0.717) is 13.0 Å². The summed E-state index contributed by atoms with van der Waals surface area (Å²) in [4.78, 5) is 11.4. The Kier molecular flexibility index (Phi) is 5.50. The average molecular weight is 296 g/mol. The van der Waals surface area contributed by atoms with Crippen LogP contribution in [0.1, 0.15) is 12.0 Å². The second kappa shape index (κ2) is 6.92. The van der Waals surface area contributed by atoms with Crippen molar-refractivity contribution in [3.05, 3.63) is 28.2 Å². The monoisotopic (exact) mass is 295 g/mol. The lowest BCUT2D eigenvalue weighted by molar-refractivity contribution is -0.119. The third kappa shape index (κ3) is 4.87. The molecule has 2 N–H and O–H groups in total. The largest absolute Gasteiger partial charge is 0.375 e. The number of hydrogen-bond donors (Lipinski definition) is 2. The van der Waals surface area contributed by atoms with E-state index in [1.165, 1.54) is 0 Å². The molecule has 0 aliphatic rings. The first-order valence-electron chi connectivity index (χ1n) is 5.27. The lowest BCUT2D eigenvalue weighted by Crippen LogP contribution is -2.30. The van der Waals surface area contributed by atoms with Gasteiger partial charge in [0.1, 0.15) is 0 Å². The van der Waals surface area contributed by atoms with Crippen molar-refractivity contribution in [2.75, 3.05) is 18.4 Å². The van der Waals surface area contributed by atoms with Crippen LogP contribution in [0.4, 0.5) is 5.69 Å². The summed E-state index contributed by atoms with van der Waals surface area (Å²) in [6, 6.07) is 7.84. The second-order valence-corrected chi connectivity index (χ2v) is 4.45. The highest BCUT2D eigenvalue weighted by Gasteiger charge is 2.03. The molecule has 0 saturated heterocycles. The topological polar surface area (TPSA) is 64.9 Å². The molecule has 0 unspecified atom stereocenters. The molecule has 0 radical (unpaired) electrons. The quantitative estimate of drug-likeness (QED) is 0.819. The van der Waals surface area contributed by atoms with Crippen LogP contribution < -0.4 is 10.6 Å². The normalized spacial score (nSPS) is 9.47. The van der Waals surface area contributed by atoms with E-state index in [2.05, 4.69) is 26.6 Å². The molecule has 4 nitrogen and oxygen atoms in total. The molecule has 0 aliphatic heterocycles. The molecule has 1 amide bonds. The van der Waals surface area contributed by atoms with Gasteiger partial charge in [-0.05, 0) is 40.5 Å². The van der Waals surface area contributed by atoms with E-state index in [1.807, 2.05) is 31.2 Å². The van der Waals surface area contributed by atoms with Gasteiger partial charge in [0.25, 0.3) is 0 Å². The van der Waals surface area contributed by atoms with Crippen LogP contribution in [-0.2, 0) is 4.79 Å². The number of carbonyl (C=O) groups excluding carboxylic acids is 1. The highest BCUT2D eigenvalue weighted by molar-refractivity contribution is 9.10. The maximum Gasteiger partial charge on any atom is 0.239 e. The van der Waals surface area contributed by atoms with Gasteiger partial charge in [-0.15, -0.1) is 0 Å². The van der Waals surface area contributed by atoms with Gasteiger partial charge in [-0.1, -0.05) is 6.07 Å². The molecule has 0 aromatic heterocycles. The second-order valence-electron chi connectivity index (χ2n) is 3.59. The molecule has 0 bridgehead atoms. The van der Waals surface area contributed by atoms with Gasteiger partial charge in [-0.25, -0.2) is 0 Å². The van der Waals surface area contributed by atoms with Crippen molar-refractivity contribution >= 4 is 27.5 Å². The fraction of sp³-hybridized carbons (Fsp3) is 0.333. The van der Waals surface area contributed by atoms with Crippen LogP contribution in [0.5, 0.6) is 0 Å². The summed E-state index contributed by atoms with van der Waals surface area (Å²) in [6.45, 7) is 2.60. The molecule has 0 fully saturated rings. The van der Waals surface area contributed by atoms with E-state index in [9.17, 15) is 4.79 Å².